The number of rotatable bonds is 6. The molecule has 2 rings (SSSR count). The molecule has 1 heterocycles. The minimum atomic E-state index is -0.177. The molecule has 1 aromatic carbocycles. The summed E-state index contributed by atoms with van der Waals surface area (Å²) in [7, 11) is 1.80. The number of halogens is 1. The Balaban J connectivity index is 1.67. The zero-order valence-electron chi connectivity index (χ0n) is 14.2. The van der Waals surface area contributed by atoms with Crippen LogP contribution in [0.2, 0.25) is 0 Å². The second-order valence-electron chi connectivity index (χ2n) is 5.73. The van der Waals surface area contributed by atoms with Gasteiger partial charge in [-0.3, -0.25) is 9.89 Å². The highest BCUT2D eigenvalue weighted by molar-refractivity contribution is 5.79. The third-order valence-corrected chi connectivity index (χ3v) is 4.05. The van der Waals surface area contributed by atoms with E-state index < -0.39 is 0 Å². The molecule has 128 valence electrons. The molecular weight excluding hydrogens is 293 g/mol. The predicted octanol–water partition coefficient (Wildman–Crippen LogP) is 1.52. The van der Waals surface area contributed by atoms with Gasteiger partial charge in [0.2, 0.25) is 0 Å². The Labute approximate surface area is 138 Å². The number of nitrogens with one attached hydrogen (secondary N) is 2. The molecule has 0 aromatic heterocycles. The van der Waals surface area contributed by atoms with E-state index in [1.807, 2.05) is 12.1 Å². The highest BCUT2D eigenvalue weighted by atomic mass is 19.1. The first-order valence-electron chi connectivity index (χ1n) is 8.40. The number of hydrogen-bond donors (Lipinski definition) is 2. The molecule has 1 aliphatic rings. The van der Waals surface area contributed by atoms with E-state index in [-0.39, 0.29) is 5.82 Å². The Kier molecular flexibility index (Phi) is 7.13. The van der Waals surface area contributed by atoms with E-state index in [4.69, 9.17) is 0 Å². The zero-order chi connectivity index (χ0) is 16.5. The van der Waals surface area contributed by atoms with Gasteiger partial charge in [-0.25, -0.2) is 4.39 Å². The van der Waals surface area contributed by atoms with Gasteiger partial charge < -0.3 is 15.5 Å². The molecule has 2 N–H and O–H groups in total. The highest BCUT2D eigenvalue weighted by Crippen LogP contribution is 2.16. The number of nitrogens with zero attached hydrogens (tertiary/aromatic N) is 3. The number of anilines is 1. The SMILES string of the molecule is CCCNC(=NC)NCCN1CCN(c2ccc(F)cc2)CC1. The third kappa shape index (κ3) is 5.71. The quantitative estimate of drug-likeness (QED) is 0.616. The van der Waals surface area contributed by atoms with Gasteiger partial charge in [0.15, 0.2) is 5.96 Å². The van der Waals surface area contributed by atoms with Crippen molar-refractivity contribution >= 4 is 11.6 Å². The maximum Gasteiger partial charge on any atom is 0.191 e. The van der Waals surface area contributed by atoms with Crippen LogP contribution in [0.4, 0.5) is 10.1 Å². The lowest BCUT2D eigenvalue weighted by molar-refractivity contribution is 0.261. The molecule has 0 bridgehead atoms. The first-order valence-corrected chi connectivity index (χ1v) is 8.40. The average Bonchev–Trinajstić information content (AvgIpc) is 2.59. The molecule has 23 heavy (non-hydrogen) atoms. The van der Waals surface area contributed by atoms with E-state index in [1.165, 1.54) is 12.1 Å². The summed E-state index contributed by atoms with van der Waals surface area (Å²) >= 11 is 0. The van der Waals surface area contributed by atoms with Crippen molar-refractivity contribution in [2.24, 2.45) is 4.99 Å². The fourth-order valence-electron chi connectivity index (χ4n) is 2.68. The molecule has 0 saturated carbocycles. The molecule has 0 aliphatic carbocycles. The topological polar surface area (TPSA) is 42.9 Å². The van der Waals surface area contributed by atoms with Crippen molar-refractivity contribution in [2.75, 3.05) is 57.8 Å². The van der Waals surface area contributed by atoms with Crippen LogP contribution in [-0.2, 0) is 0 Å². The first-order chi connectivity index (χ1) is 11.2. The van der Waals surface area contributed by atoms with Crippen molar-refractivity contribution in [1.29, 1.82) is 0 Å². The third-order valence-electron chi connectivity index (χ3n) is 4.05. The van der Waals surface area contributed by atoms with Gasteiger partial charge in [0.1, 0.15) is 5.82 Å². The fraction of sp³-hybridized carbons (Fsp3) is 0.588. The summed E-state index contributed by atoms with van der Waals surface area (Å²) in [4.78, 5) is 8.96. The summed E-state index contributed by atoms with van der Waals surface area (Å²) in [6, 6.07) is 6.77. The normalized spacial score (nSPS) is 16.5. The first kappa shape index (κ1) is 17.5. The Morgan fingerprint density at radius 3 is 2.35 bits per heavy atom. The lowest BCUT2D eigenvalue weighted by atomic mass is 10.2. The van der Waals surface area contributed by atoms with E-state index >= 15 is 0 Å². The molecule has 1 fully saturated rings. The van der Waals surface area contributed by atoms with Gasteiger partial charge in [0.05, 0.1) is 0 Å². The number of aliphatic imine (C=N–C) groups is 1. The lowest BCUT2D eigenvalue weighted by Crippen LogP contribution is -2.49. The molecule has 1 aromatic rings. The van der Waals surface area contributed by atoms with Crippen molar-refractivity contribution in [3.63, 3.8) is 0 Å². The molecular formula is C17H28FN5. The van der Waals surface area contributed by atoms with Crippen molar-refractivity contribution in [3.8, 4) is 0 Å². The van der Waals surface area contributed by atoms with Crippen LogP contribution in [0.5, 0.6) is 0 Å². The van der Waals surface area contributed by atoms with E-state index in [1.54, 1.807) is 7.05 Å². The van der Waals surface area contributed by atoms with Gasteiger partial charge in [-0.2, -0.15) is 0 Å². The van der Waals surface area contributed by atoms with Crippen LogP contribution in [0.25, 0.3) is 0 Å². The lowest BCUT2D eigenvalue weighted by Gasteiger charge is -2.36. The highest BCUT2D eigenvalue weighted by Gasteiger charge is 2.16. The maximum atomic E-state index is 13.0. The summed E-state index contributed by atoms with van der Waals surface area (Å²) in [5, 5.41) is 6.61. The molecule has 1 aliphatic heterocycles. The monoisotopic (exact) mass is 321 g/mol. The fourth-order valence-corrected chi connectivity index (χ4v) is 2.68. The number of piperazine rings is 1. The van der Waals surface area contributed by atoms with Crippen LogP contribution in [-0.4, -0.2) is 63.7 Å². The molecule has 6 heteroatoms. The second-order valence-corrected chi connectivity index (χ2v) is 5.73. The molecule has 0 spiro atoms. The number of benzene rings is 1. The van der Waals surface area contributed by atoms with Crippen LogP contribution in [0.3, 0.4) is 0 Å². The van der Waals surface area contributed by atoms with Gasteiger partial charge >= 0.3 is 0 Å². The Bertz CT molecular complexity index is 480. The maximum absolute atomic E-state index is 13.0. The minimum absolute atomic E-state index is 0.177. The Morgan fingerprint density at radius 2 is 1.74 bits per heavy atom. The summed E-state index contributed by atoms with van der Waals surface area (Å²) < 4.78 is 13.0. The molecule has 5 nitrogen and oxygen atoms in total. The summed E-state index contributed by atoms with van der Waals surface area (Å²) in [5.41, 5.74) is 1.10. The summed E-state index contributed by atoms with van der Waals surface area (Å²) in [6.45, 7) is 8.99. The number of guanidine groups is 1. The number of hydrogen-bond acceptors (Lipinski definition) is 3. The summed E-state index contributed by atoms with van der Waals surface area (Å²) in [6.07, 6.45) is 1.09. The van der Waals surface area contributed by atoms with Gasteiger partial charge in [0, 0.05) is 58.5 Å². The molecule has 1 saturated heterocycles. The predicted molar refractivity (Wildman–Crippen MR) is 94.7 cm³/mol. The van der Waals surface area contributed by atoms with Crippen LogP contribution in [0.1, 0.15) is 13.3 Å². The van der Waals surface area contributed by atoms with E-state index in [0.717, 1.165) is 63.9 Å². The molecule has 0 unspecified atom stereocenters. The van der Waals surface area contributed by atoms with Crippen molar-refractivity contribution in [2.45, 2.75) is 13.3 Å². The smallest absolute Gasteiger partial charge is 0.191 e. The van der Waals surface area contributed by atoms with Gasteiger partial charge in [-0.15, -0.1) is 0 Å². The molecule has 0 atom stereocenters. The van der Waals surface area contributed by atoms with Crippen LogP contribution < -0.4 is 15.5 Å². The molecule has 0 amide bonds. The Hall–Kier alpha value is -1.82. The molecule has 0 radical (unpaired) electrons. The Morgan fingerprint density at radius 1 is 1.09 bits per heavy atom. The summed E-state index contributed by atoms with van der Waals surface area (Å²) in [5.74, 6) is 0.695. The standard InChI is InChI=1S/C17H28FN5/c1-3-8-20-17(19-2)21-9-10-22-11-13-23(14-12-22)16-6-4-15(18)5-7-16/h4-7H,3,8-14H2,1-2H3,(H2,19,20,21). The van der Waals surface area contributed by atoms with E-state index in [9.17, 15) is 4.39 Å². The van der Waals surface area contributed by atoms with Gasteiger partial charge in [0.25, 0.3) is 0 Å². The second kappa shape index (κ2) is 9.35. The average molecular weight is 321 g/mol. The minimum Gasteiger partial charge on any atom is -0.369 e. The van der Waals surface area contributed by atoms with E-state index in [2.05, 4.69) is 32.3 Å². The van der Waals surface area contributed by atoms with E-state index in [0.29, 0.717) is 0 Å². The van der Waals surface area contributed by atoms with Crippen molar-refractivity contribution < 1.29 is 4.39 Å². The van der Waals surface area contributed by atoms with Crippen molar-refractivity contribution in [1.82, 2.24) is 15.5 Å². The van der Waals surface area contributed by atoms with Gasteiger partial charge in [-0.05, 0) is 30.7 Å². The van der Waals surface area contributed by atoms with Crippen molar-refractivity contribution in [3.05, 3.63) is 30.1 Å². The van der Waals surface area contributed by atoms with Crippen LogP contribution in [0, 0.1) is 5.82 Å². The zero-order valence-corrected chi connectivity index (χ0v) is 14.2. The largest absolute Gasteiger partial charge is 0.369 e. The van der Waals surface area contributed by atoms with Gasteiger partial charge in [-0.1, -0.05) is 6.92 Å². The van der Waals surface area contributed by atoms with Crippen LogP contribution >= 0.6 is 0 Å². The van der Waals surface area contributed by atoms with Crippen LogP contribution in [0.15, 0.2) is 29.3 Å².